The minimum Gasteiger partial charge on any atom is -0.303 e. The van der Waals surface area contributed by atoms with Crippen LogP contribution in [0.15, 0.2) is 0 Å². The largest absolute Gasteiger partial charge is 0.303 e. The van der Waals surface area contributed by atoms with Gasteiger partial charge in [0.25, 0.3) is 0 Å². The molecule has 0 aromatic carbocycles. The van der Waals surface area contributed by atoms with Crippen LogP contribution in [0.2, 0.25) is 0 Å². The van der Waals surface area contributed by atoms with Gasteiger partial charge in [-0.1, -0.05) is 19.8 Å². The first-order valence-corrected chi connectivity index (χ1v) is 7.66. The van der Waals surface area contributed by atoms with Crippen LogP contribution >= 0.6 is 11.8 Å². The molecule has 2 fully saturated rings. The van der Waals surface area contributed by atoms with Crippen molar-refractivity contribution in [3.05, 3.63) is 0 Å². The Morgan fingerprint density at radius 1 is 1.44 bits per heavy atom. The molecule has 0 N–H and O–H groups in total. The summed E-state index contributed by atoms with van der Waals surface area (Å²) in [4.78, 5) is 14.0. The number of aldehydes is 1. The molecule has 0 spiro atoms. The molecule has 1 saturated carbocycles. The van der Waals surface area contributed by atoms with Crippen molar-refractivity contribution >= 4 is 18.0 Å². The van der Waals surface area contributed by atoms with Gasteiger partial charge in [-0.3, -0.25) is 0 Å². The van der Waals surface area contributed by atoms with Crippen molar-refractivity contribution in [2.75, 3.05) is 31.1 Å². The Morgan fingerprint density at radius 3 is 2.81 bits per heavy atom. The Hall–Kier alpha value is -0.0200. The van der Waals surface area contributed by atoms with Crippen LogP contribution in [0.5, 0.6) is 0 Å². The number of hydrogen-bond acceptors (Lipinski definition) is 3. The normalized spacial score (nSPS) is 37.2. The van der Waals surface area contributed by atoms with Crippen molar-refractivity contribution in [1.29, 1.82) is 0 Å². The molecule has 0 bridgehead atoms. The van der Waals surface area contributed by atoms with E-state index in [-0.39, 0.29) is 5.41 Å². The third-order valence-corrected chi connectivity index (χ3v) is 4.96. The Labute approximate surface area is 103 Å². The zero-order valence-electron chi connectivity index (χ0n) is 10.3. The highest BCUT2D eigenvalue weighted by Gasteiger charge is 2.36. The average molecular weight is 241 g/mol. The second-order valence-corrected chi connectivity index (χ2v) is 6.80. The van der Waals surface area contributed by atoms with E-state index in [1.54, 1.807) is 0 Å². The van der Waals surface area contributed by atoms with Gasteiger partial charge < -0.3 is 9.69 Å². The van der Waals surface area contributed by atoms with E-state index in [0.29, 0.717) is 0 Å². The molecular weight excluding hydrogens is 218 g/mol. The quantitative estimate of drug-likeness (QED) is 0.708. The molecule has 0 aromatic rings. The lowest BCUT2D eigenvalue weighted by Crippen LogP contribution is -2.44. The smallest absolute Gasteiger partial charge is 0.127 e. The number of rotatable bonds is 3. The molecule has 1 heterocycles. The van der Waals surface area contributed by atoms with Gasteiger partial charge in [-0.25, -0.2) is 0 Å². The second-order valence-electron chi connectivity index (χ2n) is 5.57. The first kappa shape index (κ1) is 12.4. The van der Waals surface area contributed by atoms with Crippen molar-refractivity contribution in [1.82, 2.24) is 4.90 Å². The minimum atomic E-state index is -0.0142. The Balaban J connectivity index is 1.94. The molecule has 92 valence electrons. The average Bonchev–Trinajstić information content (AvgIpc) is 2.30. The fraction of sp³-hybridized carbons (Fsp3) is 0.923. The first-order chi connectivity index (χ1) is 7.74. The van der Waals surface area contributed by atoms with E-state index in [0.717, 1.165) is 25.3 Å². The maximum Gasteiger partial charge on any atom is 0.127 e. The fourth-order valence-electron chi connectivity index (χ4n) is 3.19. The summed E-state index contributed by atoms with van der Waals surface area (Å²) in [6.07, 6.45) is 6.04. The fourth-order valence-corrected chi connectivity index (χ4v) is 4.17. The second kappa shape index (κ2) is 5.54. The molecule has 2 nitrogen and oxygen atoms in total. The number of carbonyl (C=O) groups excluding carboxylic acids is 1. The summed E-state index contributed by atoms with van der Waals surface area (Å²) in [6.45, 7) is 5.66. The van der Waals surface area contributed by atoms with Gasteiger partial charge in [0.15, 0.2) is 0 Å². The van der Waals surface area contributed by atoms with Gasteiger partial charge in [-0.05, 0) is 18.8 Å². The van der Waals surface area contributed by atoms with Crippen molar-refractivity contribution < 1.29 is 4.79 Å². The van der Waals surface area contributed by atoms with Gasteiger partial charge in [0.05, 0.1) is 0 Å². The number of hydrogen-bond donors (Lipinski definition) is 0. The lowest BCUT2D eigenvalue weighted by molar-refractivity contribution is -0.120. The molecule has 2 aliphatic rings. The van der Waals surface area contributed by atoms with Gasteiger partial charge in [-0.2, -0.15) is 11.8 Å². The molecule has 2 atom stereocenters. The van der Waals surface area contributed by atoms with Crippen molar-refractivity contribution in [2.45, 2.75) is 32.6 Å². The van der Waals surface area contributed by atoms with E-state index in [4.69, 9.17) is 0 Å². The molecule has 0 aromatic heterocycles. The predicted octanol–water partition coefficient (Wildman–Crippen LogP) is 2.43. The molecule has 0 amide bonds. The zero-order valence-corrected chi connectivity index (χ0v) is 11.1. The highest BCUT2D eigenvalue weighted by atomic mass is 32.2. The molecule has 2 rings (SSSR count). The molecule has 1 aliphatic carbocycles. The van der Waals surface area contributed by atoms with E-state index in [1.165, 1.54) is 43.7 Å². The Bertz CT molecular complexity index is 240. The van der Waals surface area contributed by atoms with Gasteiger partial charge in [0.2, 0.25) is 0 Å². The first-order valence-electron chi connectivity index (χ1n) is 6.50. The van der Waals surface area contributed by atoms with Crippen LogP contribution in [-0.4, -0.2) is 42.3 Å². The monoisotopic (exact) mass is 241 g/mol. The maximum atomic E-state index is 11.5. The summed E-state index contributed by atoms with van der Waals surface area (Å²) in [5.41, 5.74) is -0.0142. The Morgan fingerprint density at radius 2 is 2.19 bits per heavy atom. The summed E-state index contributed by atoms with van der Waals surface area (Å²) >= 11 is 2.04. The highest BCUT2D eigenvalue weighted by Crippen LogP contribution is 2.38. The summed E-state index contributed by atoms with van der Waals surface area (Å²) in [7, 11) is 0. The van der Waals surface area contributed by atoms with E-state index in [2.05, 4.69) is 11.8 Å². The van der Waals surface area contributed by atoms with Gasteiger partial charge in [-0.15, -0.1) is 0 Å². The molecule has 0 radical (unpaired) electrons. The number of carbonyl (C=O) groups is 1. The third kappa shape index (κ3) is 3.01. The predicted molar refractivity (Wildman–Crippen MR) is 69.9 cm³/mol. The van der Waals surface area contributed by atoms with Crippen molar-refractivity contribution in [3.63, 3.8) is 0 Å². The summed E-state index contributed by atoms with van der Waals surface area (Å²) < 4.78 is 0. The molecule has 1 aliphatic heterocycles. The lowest BCUT2D eigenvalue weighted by Gasteiger charge is -2.40. The molecular formula is C13H23NOS. The van der Waals surface area contributed by atoms with Crippen molar-refractivity contribution in [3.8, 4) is 0 Å². The molecule has 1 saturated heterocycles. The van der Waals surface area contributed by atoms with Gasteiger partial charge in [0.1, 0.15) is 6.29 Å². The standard InChI is InChI=1S/C13H23NOS/c1-12-3-2-4-13(9-12,11-15)10-14-5-7-16-8-6-14/h11-12H,2-10H2,1H3. The van der Waals surface area contributed by atoms with Crippen LogP contribution in [0.25, 0.3) is 0 Å². The van der Waals surface area contributed by atoms with Crippen LogP contribution < -0.4 is 0 Å². The van der Waals surface area contributed by atoms with E-state index >= 15 is 0 Å². The lowest BCUT2D eigenvalue weighted by atomic mass is 9.70. The summed E-state index contributed by atoms with van der Waals surface area (Å²) in [5.74, 6) is 3.22. The molecule has 3 heteroatoms. The topological polar surface area (TPSA) is 20.3 Å². The number of nitrogens with zero attached hydrogens (tertiary/aromatic N) is 1. The SMILES string of the molecule is CC1CCCC(C=O)(CN2CCSCC2)C1. The van der Waals surface area contributed by atoms with E-state index in [9.17, 15) is 4.79 Å². The molecule has 16 heavy (non-hydrogen) atoms. The maximum absolute atomic E-state index is 11.5. The van der Waals surface area contributed by atoms with Gasteiger partial charge >= 0.3 is 0 Å². The van der Waals surface area contributed by atoms with Crippen LogP contribution in [-0.2, 0) is 4.79 Å². The van der Waals surface area contributed by atoms with Crippen molar-refractivity contribution in [2.24, 2.45) is 11.3 Å². The minimum absolute atomic E-state index is 0.0142. The summed E-state index contributed by atoms with van der Waals surface area (Å²) in [5, 5.41) is 0. The van der Waals surface area contributed by atoms with Crippen LogP contribution in [0.3, 0.4) is 0 Å². The van der Waals surface area contributed by atoms with E-state index < -0.39 is 0 Å². The van der Waals surface area contributed by atoms with Gasteiger partial charge in [0, 0.05) is 36.6 Å². The molecule has 2 unspecified atom stereocenters. The highest BCUT2D eigenvalue weighted by molar-refractivity contribution is 7.99. The number of thioether (sulfide) groups is 1. The van der Waals surface area contributed by atoms with Crippen LogP contribution in [0.4, 0.5) is 0 Å². The summed E-state index contributed by atoms with van der Waals surface area (Å²) in [6, 6.07) is 0. The Kier molecular flexibility index (Phi) is 4.31. The van der Waals surface area contributed by atoms with Crippen LogP contribution in [0, 0.1) is 11.3 Å². The van der Waals surface area contributed by atoms with E-state index in [1.807, 2.05) is 11.8 Å². The third-order valence-electron chi connectivity index (χ3n) is 4.02. The zero-order chi connectivity index (χ0) is 11.4. The van der Waals surface area contributed by atoms with Crippen LogP contribution in [0.1, 0.15) is 32.6 Å².